The molecule has 0 saturated carbocycles. The van der Waals surface area contributed by atoms with E-state index in [1.165, 1.54) is 29.1 Å². The summed E-state index contributed by atoms with van der Waals surface area (Å²) in [6.45, 7) is -0.978. The van der Waals surface area contributed by atoms with E-state index < -0.39 is 12.5 Å². The molecular formula is C14H14BrF2N3O3. The normalized spacial score (nSPS) is 10.7. The molecular weight excluding hydrogens is 376 g/mol. The molecule has 1 amide bonds. The summed E-state index contributed by atoms with van der Waals surface area (Å²) in [6, 6.07) is 4.18. The topological polar surface area (TPSA) is 65.4 Å². The van der Waals surface area contributed by atoms with Crippen molar-refractivity contribution < 1.29 is 23.0 Å². The molecule has 0 aliphatic heterocycles. The number of nitrogens with zero attached hydrogens (tertiary/aromatic N) is 2. The van der Waals surface area contributed by atoms with E-state index in [1.54, 1.807) is 14.0 Å². The van der Waals surface area contributed by atoms with Crippen molar-refractivity contribution in [1.29, 1.82) is 0 Å². The largest absolute Gasteiger partial charge is 0.490 e. The highest BCUT2D eigenvalue weighted by atomic mass is 79.9. The molecule has 0 radical (unpaired) electrons. The van der Waals surface area contributed by atoms with Gasteiger partial charge in [-0.15, -0.1) is 0 Å². The van der Waals surface area contributed by atoms with Crippen LogP contribution in [0.1, 0.15) is 17.4 Å². The summed E-state index contributed by atoms with van der Waals surface area (Å²) in [4.78, 5) is 12.3. The Balaban J connectivity index is 2.23. The number of hydrogen-bond donors (Lipinski definition) is 1. The van der Waals surface area contributed by atoms with Gasteiger partial charge in [-0.3, -0.25) is 9.48 Å². The molecule has 0 bridgehead atoms. The lowest BCUT2D eigenvalue weighted by Gasteiger charge is -2.13. The van der Waals surface area contributed by atoms with E-state index in [0.29, 0.717) is 15.9 Å². The van der Waals surface area contributed by atoms with E-state index in [2.05, 4.69) is 31.1 Å². The minimum absolute atomic E-state index is 0.0958. The minimum Gasteiger partial charge on any atom is -0.490 e. The van der Waals surface area contributed by atoms with Crippen LogP contribution in [0.2, 0.25) is 0 Å². The Labute approximate surface area is 139 Å². The van der Waals surface area contributed by atoms with Gasteiger partial charge in [-0.25, -0.2) is 0 Å². The Morgan fingerprint density at radius 3 is 2.74 bits per heavy atom. The van der Waals surface area contributed by atoms with Gasteiger partial charge in [0, 0.05) is 18.8 Å². The van der Waals surface area contributed by atoms with Gasteiger partial charge in [0.05, 0.1) is 17.3 Å². The van der Waals surface area contributed by atoms with Crippen LogP contribution in [0.25, 0.3) is 0 Å². The lowest BCUT2D eigenvalue weighted by atomic mass is 10.2. The van der Waals surface area contributed by atoms with Crippen molar-refractivity contribution in [2.24, 2.45) is 7.05 Å². The number of benzene rings is 1. The molecule has 9 heteroatoms. The van der Waals surface area contributed by atoms with E-state index in [1.807, 2.05) is 0 Å². The summed E-state index contributed by atoms with van der Waals surface area (Å²) in [6.07, 6.45) is 1.50. The summed E-state index contributed by atoms with van der Waals surface area (Å²) < 4.78 is 36.3. The van der Waals surface area contributed by atoms with Crippen molar-refractivity contribution in [3.05, 3.63) is 34.6 Å². The molecule has 1 aromatic heterocycles. The molecule has 0 aliphatic rings. The molecule has 1 heterocycles. The number of carbonyl (C=O) groups excluding carboxylic acids is 1. The van der Waals surface area contributed by atoms with Crippen LogP contribution in [0.4, 0.5) is 14.5 Å². The van der Waals surface area contributed by atoms with Crippen LogP contribution in [0, 0.1) is 0 Å². The second-order valence-electron chi connectivity index (χ2n) is 4.39. The predicted octanol–water partition coefficient (Wildman–Crippen LogP) is 3.44. The van der Waals surface area contributed by atoms with Crippen LogP contribution < -0.4 is 14.8 Å². The summed E-state index contributed by atoms with van der Waals surface area (Å²) in [5, 5.41) is 6.61. The van der Waals surface area contributed by atoms with Gasteiger partial charge in [0.15, 0.2) is 11.5 Å². The van der Waals surface area contributed by atoms with Crippen molar-refractivity contribution in [2.75, 3.05) is 11.9 Å². The quantitative estimate of drug-likeness (QED) is 0.821. The molecule has 2 rings (SSSR count). The van der Waals surface area contributed by atoms with Crippen LogP contribution in [0.15, 0.2) is 28.9 Å². The monoisotopic (exact) mass is 389 g/mol. The maximum atomic E-state index is 12.4. The number of aromatic nitrogens is 2. The SMILES string of the molecule is CCOc1cc(NC(=O)c2c(Br)cnn2C)ccc1OC(F)F. The van der Waals surface area contributed by atoms with Gasteiger partial charge in [0.1, 0.15) is 5.69 Å². The predicted molar refractivity (Wildman–Crippen MR) is 83.1 cm³/mol. The van der Waals surface area contributed by atoms with Crippen molar-refractivity contribution in [1.82, 2.24) is 9.78 Å². The standard InChI is InChI=1S/C14H14BrF2N3O3/c1-3-22-11-6-8(4-5-10(11)23-14(16)17)19-13(21)12-9(15)7-18-20(12)2/h4-7,14H,3H2,1-2H3,(H,19,21). The summed E-state index contributed by atoms with van der Waals surface area (Å²) in [5.74, 6) is -0.377. The van der Waals surface area contributed by atoms with E-state index in [-0.39, 0.29) is 18.1 Å². The van der Waals surface area contributed by atoms with Gasteiger partial charge < -0.3 is 14.8 Å². The zero-order chi connectivity index (χ0) is 17.0. The summed E-state index contributed by atoms with van der Waals surface area (Å²) >= 11 is 3.24. The van der Waals surface area contributed by atoms with Crippen LogP contribution >= 0.6 is 15.9 Å². The molecule has 0 spiro atoms. The second kappa shape index (κ2) is 7.40. The lowest BCUT2D eigenvalue weighted by Crippen LogP contribution is -2.17. The maximum Gasteiger partial charge on any atom is 0.387 e. The van der Waals surface area contributed by atoms with Crippen molar-refractivity contribution in [3.8, 4) is 11.5 Å². The number of hydrogen-bond acceptors (Lipinski definition) is 4. The number of ether oxygens (including phenoxy) is 2. The van der Waals surface area contributed by atoms with Crippen LogP contribution in [0.3, 0.4) is 0 Å². The third-order valence-electron chi connectivity index (χ3n) is 2.83. The highest BCUT2D eigenvalue weighted by Gasteiger charge is 2.17. The molecule has 0 fully saturated rings. The fraction of sp³-hybridized carbons (Fsp3) is 0.286. The van der Waals surface area contributed by atoms with Crippen LogP contribution in [0.5, 0.6) is 11.5 Å². The first-order valence-corrected chi connectivity index (χ1v) is 7.42. The smallest absolute Gasteiger partial charge is 0.387 e. The van der Waals surface area contributed by atoms with E-state index in [9.17, 15) is 13.6 Å². The number of halogens is 3. The van der Waals surface area contributed by atoms with E-state index in [4.69, 9.17) is 4.74 Å². The van der Waals surface area contributed by atoms with Crippen molar-refractivity contribution >= 4 is 27.5 Å². The molecule has 0 atom stereocenters. The zero-order valence-corrected chi connectivity index (χ0v) is 13.9. The number of amides is 1. The van der Waals surface area contributed by atoms with Crippen molar-refractivity contribution in [3.63, 3.8) is 0 Å². The Morgan fingerprint density at radius 2 is 2.17 bits per heavy atom. The molecule has 124 valence electrons. The third kappa shape index (κ3) is 4.19. The molecule has 0 aliphatic carbocycles. The average molecular weight is 390 g/mol. The number of rotatable bonds is 6. The Morgan fingerprint density at radius 1 is 1.43 bits per heavy atom. The van der Waals surface area contributed by atoms with Gasteiger partial charge in [-0.2, -0.15) is 13.9 Å². The van der Waals surface area contributed by atoms with Crippen LogP contribution in [-0.2, 0) is 7.05 Å². The van der Waals surface area contributed by atoms with Gasteiger partial charge in [-0.1, -0.05) is 0 Å². The van der Waals surface area contributed by atoms with Gasteiger partial charge in [0.2, 0.25) is 0 Å². The fourth-order valence-electron chi connectivity index (χ4n) is 1.90. The number of alkyl halides is 2. The number of aryl methyl sites for hydroxylation is 1. The number of carbonyl (C=O) groups is 1. The molecule has 1 N–H and O–H groups in total. The third-order valence-corrected chi connectivity index (χ3v) is 3.41. The highest BCUT2D eigenvalue weighted by molar-refractivity contribution is 9.10. The number of anilines is 1. The molecule has 0 saturated heterocycles. The molecule has 0 unspecified atom stereocenters. The van der Waals surface area contributed by atoms with Crippen molar-refractivity contribution in [2.45, 2.75) is 13.5 Å². The highest BCUT2D eigenvalue weighted by Crippen LogP contribution is 2.32. The molecule has 1 aromatic carbocycles. The molecule has 23 heavy (non-hydrogen) atoms. The van der Waals surface area contributed by atoms with Crippen LogP contribution in [-0.4, -0.2) is 28.9 Å². The Kier molecular flexibility index (Phi) is 5.54. The average Bonchev–Trinajstić information content (AvgIpc) is 2.81. The van der Waals surface area contributed by atoms with E-state index in [0.717, 1.165) is 0 Å². The lowest BCUT2D eigenvalue weighted by molar-refractivity contribution is -0.0514. The zero-order valence-electron chi connectivity index (χ0n) is 12.3. The van der Waals surface area contributed by atoms with E-state index >= 15 is 0 Å². The van der Waals surface area contributed by atoms with Gasteiger partial charge >= 0.3 is 6.61 Å². The molecule has 6 nitrogen and oxygen atoms in total. The fourth-order valence-corrected chi connectivity index (χ4v) is 2.43. The first-order valence-electron chi connectivity index (χ1n) is 6.63. The maximum absolute atomic E-state index is 12.4. The Bertz CT molecular complexity index is 687. The molecule has 2 aromatic rings. The first-order chi connectivity index (χ1) is 10.9. The summed E-state index contributed by atoms with van der Waals surface area (Å²) in [5.41, 5.74) is 0.712. The summed E-state index contributed by atoms with van der Waals surface area (Å²) in [7, 11) is 1.63. The first kappa shape index (κ1) is 17.2. The Hall–Kier alpha value is -2.16. The minimum atomic E-state index is -2.96. The second-order valence-corrected chi connectivity index (χ2v) is 5.25. The van der Waals surface area contributed by atoms with Gasteiger partial charge in [0.25, 0.3) is 5.91 Å². The number of nitrogens with one attached hydrogen (secondary N) is 1. The van der Waals surface area contributed by atoms with Gasteiger partial charge in [-0.05, 0) is 35.0 Å².